The molecular formula is C29H34N2O2. The fourth-order valence-electron chi connectivity index (χ4n) is 3.92. The van der Waals surface area contributed by atoms with Gasteiger partial charge in [-0.1, -0.05) is 97.9 Å². The van der Waals surface area contributed by atoms with Gasteiger partial charge < -0.3 is 10.2 Å². The van der Waals surface area contributed by atoms with E-state index in [0.717, 1.165) is 23.1 Å². The lowest BCUT2D eigenvalue weighted by Gasteiger charge is -2.31. The highest BCUT2D eigenvalue weighted by atomic mass is 16.2. The number of nitrogens with one attached hydrogen (secondary N) is 1. The highest BCUT2D eigenvalue weighted by molar-refractivity contribution is 5.88. The molecule has 4 nitrogen and oxygen atoms in total. The summed E-state index contributed by atoms with van der Waals surface area (Å²) in [5.74, 6) is -0.240. The van der Waals surface area contributed by atoms with Crippen molar-refractivity contribution in [2.75, 3.05) is 0 Å². The van der Waals surface area contributed by atoms with Crippen LogP contribution in [0.15, 0.2) is 91.0 Å². The lowest BCUT2D eigenvalue weighted by molar-refractivity contribution is -0.141. The van der Waals surface area contributed by atoms with Crippen molar-refractivity contribution >= 4 is 11.8 Å². The van der Waals surface area contributed by atoms with Crippen molar-refractivity contribution < 1.29 is 9.59 Å². The molecular weight excluding hydrogens is 408 g/mol. The van der Waals surface area contributed by atoms with E-state index in [4.69, 9.17) is 0 Å². The van der Waals surface area contributed by atoms with Crippen LogP contribution < -0.4 is 5.32 Å². The molecule has 0 saturated heterocycles. The van der Waals surface area contributed by atoms with Crippen molar-refractivity contribution in [2.45, 2.75) is 58.2 Å². The molecule has 0 bridgehead atoms. The molecule has 0 unspecified atom stereocenters. The number of carbonyl (C=O) groups excluding carboxylic acids is 2. The van der Waals surface area contributed by atoms with Crippen molar-refractivity contribution in [3.63, 3.8) is 0 Å². The monoisotopic (exact) mass is 442 g/mol. The number of rotatable bonds is 10. The first-order valence-corrected chi connectivity index (χ1v) is 11.7. The van der Waals surface area contributed by atoms with Crippen LogP contribution in [0.25, 0.3) is 0 Å². The molecule has 0 fully saturated rings. The van der Waals surface area contributed by atoms with Gasteiger partial charge in [-0.3, -0.25) is 9.59 Å². The van der Waals surface area contributed by atoms with Gasteiger partial charge in [0.2, 0.25) is 11.8 Å². The van der Waals surface area contributed by atoms with E-state index in [1.165, 1.54) is 0 Å². The average Bonchev–Trinajstić information content (AvgIpc) is 2.86. The van der Waals surface area contributed by atoms with Crippen LogP contribution in [-0.2, 0) is 16.1 Å². The summed E-state index contributed by atoms with van der Waals surface area (Å²) >= 11 is 0. The lowest BCUT2D eigenvalue weighted by atomic mass is 9.88. The first-order chi connectivity index (χ1) is 16.0. The molecule has 4 heteroatoms. The van der Waals surface area contributed by atoms with Crippen LogP contribution in [0, 0.1) is 0 Å². The molecule has 0 heterocycles. The number of hydrogen-bond donors (Lipinski definition) is 1. The van der Waals surface area contributed by atoms with Crippen LogP contribution >= 0.6 is 0 Å². The highest BCUT2D eigenvalue weighted by Gasteiger charge is 2.29. The van der Waals surface area contributed by atoms with E-state index in [9.17, 15) is 9.59 Å². The SMILES string of the molecule is CC[C@H](C)NC(=O)[C@@H](C)N(Cc1ccccc1)C(=O)CC(c1ccccc1)c1ccccc1. The molecule has 3 aromatic rings. The number of benzene rings is 3. The predicted octanol–water partition coefficient (Wildman–Crippen LogP) is 5.54. The Morgan fingerprint density at radius 2 is 1.27 bits per heavy atom. The summed E-state index contributed by atoms with van der Waals surface area (Å²) in [6, 6.07) is 29.6. The molecule has 3 rings (SSSR count). The van der Waals surface area contributed by atoms with Gasteiger partial charge in [0.1, 0.15) is 6.04 Å². The zero-order chi connectivity index (χ0) is 23.6. The first kappa shape index (κ1) is 24.2. The minimum atomic E-state index is -0.570. The summed E-state index contributed by atoms with van der Waals surface area (Å²) in [6.45, 7) is 6.23. The zero-order valence-electron chi connectivity index (χ0n) is 19.8. The van der Waals surface area contributed by atoms with Crippen molar-refractivity contribution in [1.29, 1.82) is 0 Å². The minimum absolute atomic E-state index is 0.0386. The van der Waals surface area contributed by atoms with E-state index in [1.54, 1.807) is 4.90 Å². The molecule has 0 spiro atoms. The Hall–Kier alpha value is -3.40. The Kier molecular flexibility index (Phi) is 8.82. The molecule has 0 radical (unpaired) electrons. The summed E-state index contributed by atoms with van der Waals surface area (Å²) < 4.78 is 0. The van der Waals surface area contributed by atoms with Crippen molar-refractivity contribution in [1.82, 2.24) is 10.2 Å². The van der Waals surface area contributed by atoms with Gasteiger partial charge in [-0.15, -0.1) is 0 Å². The molecule has 3 aromatic carbocycles. The maximum Gasteiger partial charge on any atom is 0.242 e. The van der Waals surface area contributed by atoms with Crippen molar-refractivity contribution in [2.24, 2.45) is 0 Å². The summed E-state index contributed by atoms with van der Waals surface area (Å²) in [4.78, 5) is 28.4. The Morgan fingerprint density at radius 3 is 1.76 bits per heavy atom. The standard InChI is InChI=1S/C29H34N2O2/c1-4-22(2)30-29(33)23(3)31(21-24-14-8-5-9-15-24)28(32)20-27(25-16-10-6-11-17-25)26-18-12-7-13-19-26/h5-19,22-23,27H,4,20-21H2,1-3H3,(H,30,33)/t22-,23+/m0/s1. The quantitative estimate of drug-likeness (QED) is 0.448. The second-order valence-corrected chi connectivity index (χ2v) is 8.58. The van der Waals surface area contributed by atoms with Gasteiger partial charge in [0, 0.05) is 24.9 Å². The molecule has 1 N–H and O–H groups in total. The maximum atomic E-state index is 13.8. The second kappa shape index (κ2) is 12.0. The van der Waals surface area contributed by atoms with Crippen LogP contribution in [-0.4, -0.2) is 28.8 Å². The second-order valence-electron chi connectivity index (χ2n) is 8.58. The molecule has 0 aliphatic heterocycles. The number of amides is 2. The van der Waals surface area contributed by atoms with E-state index >= 15 is 0 Å². The molecule has 0 aliphatic rings. The fraction of sp³-hybridized carbons (Fsp3) is 0.310. The van der Waals surface area contributed by atoms with Gasteiger partial charge in [0.25, 0.3) is 0 Å². The topological polar surface area (TPSA) is 49.4 Å². The van der Waals surface area contributed by atoms with Gasteiger partial charge in [-0.05, 0) is 37.0 Å². The molecule has 2 atom stereocenters. The van der Waals surface area contributed by atoms with Crippen molar-refractivity contribution in [3.05, 3.63) is 108 Å². The van der Waals surface area contributed by atoms with E-state index in [2.05, 4.69) is 29.6 Å². The first-order valence-electron chi connectivity index (χ1n) is 11.7. The number of nitrogens with zero attached hydrogens (tertiary/aromatic N) is 1. The average molecular weight is 443 g/mol. The van der Waals surface area contributed by atoms with E-state index < -0.39 is 6.04 Å². The molecule has 0 saturated carbocycles. The van der Waals surface area contributed by atoms with Gasteiger partial charge in [0.05, 0.1) is 0 Å². The van der Waals surface area contributed by atoms with Crippen LogP contribution in [0.2, 0.25) is 0 Å². The summed E-state index contributed by atoms with van der Waals surface area (Å²) in [5.41, 5.74) is 3.19. The predicted molar refractivity (Wildman–Crippen MR) is 134 cm³/mol. The Morgan fingerprint density at radius 1 is 0.788 bits per heavy atom. The highest BCUT2D eigenvalue weighted by Crippen LogP contribution is 2.29. The lowest BCUT2D eigenvalue weighted by Crippen LogP contribution is -2.49. The summed E-state index contributed by atoms with van der Waals surface area (Å²) in [7, 11) is 0. The summed E-state index contributed by atoms with van der Waals surface area (Å²) in [6.07, 6.45) is 1.14. The molecule has 172 valence electrons. The molecule has 0 aliphatic carbocycles. The van der Waals surface area contributed by atoms with E-state index in [0.29, 0.717) is 13.0 Å². The minimum Gasteiger partial charge on any atom is -0.352 e. The third-order valence-electron chi connectivity index (χ3n) is 6.15. The van der Waals surface area contributed by atoms with Crippen LogP contribution in [0.3, 0.4) is 0 Å². The van der Waals surface area contributed by atoms with Gasteiger partial charge in [0.15, 0.2) is 0 Å². The molecule has 2 amide bonds. The Bertz CT molecular complexity index is 966. The normalized spacial score (nSPS) is 12.7. The van der Waals surface area contributed by atoms with Crippen LogP contribution in [0.1, 0.15) is 56.2 Å². The third kappa shape index (κ3) is 6.79. The number of hydrogen-bond acceptors (Lipinski definition) is 2. The summed E-state index contributed by atoms with van der Waals surface area (Å²) in [5, 5.41) is 3.03. The Labute approximate surface area is 197 Å². The molecule has 0 aromatic heterocycles. The number of carbonyl (C=O) groups is 2. The van der Waals surface area contributed by atoms with E-state index in [-0.39, 0.29) is 23.8 Å². The third-order valence-corrected chi connectivity index (χ3v) is 6.15. The van der Waals surface area contributed by atoms with Crippen molar-refractivity contribution in [3.8, 4) is 0 Å². The van der Waals surface area contributed by atoms with Crippen LogP contribution in [0.5, 0.6) is 0 Å². The van der Waals surface area contributed by atoms with Gasteiger partial charge >= 0.3 is 0 Å². The largest absolute Gasteiger partial charge is 0.352 e. The van der Waals surface area contributed by atoms with Gasteiger partial charge in [-0.2, -0.15) is 0 Å². The fourth-order valence-corrected chi connectivity index (χ4v) is 3.92. The molecule has 33 heavy (non-hydrogen) atoms. The maximum absolute atomic E-state index is 13.8. The van der Waals surface area contributed by atoms with E-state index in [1.807, 2.05) is 87.5 Å². The Balaban J connectivity index is 1.89. The smallest absolute Gasteiger partial charge is 0.242 e. The zero-order valence-corrected chi connectivity index (χ0v) is 19.8. The van der Waals surface area contributed by atoms with Crippen LogP contribution in [0.4, 0.5) is 0 Å². The van der Waals surface area contributed by atoms with Gasteiger partial charge in [-0.25, -0.2) is 0 Å².